The molecule has 0 aliphatic carbocycles. The zero-order valence-corrected chi connectivity index (χ0v) is 20.2. The minimum Gasteiger partial charge on any atom is -0.404 e. The Hall–Kier alpha value is -3.83. The average Bonchev–Trinajstić information content (AvgIpc) is 2.86. The van der Waals surface area contributed by atoms with Crippen molar-refractivity contribution in [3.63, 3.8) is 0 Å². The van der Waals surface area contributed by atoms with Crippen molar-refractivity contribution in [1.29, 1.82) is 0 Å². The molecule has 1 aromatic carbocycles. The number of hydrogen-bond donors (Lipinski definition) is 1. The van der Waals surface area contributed by atoms with E-state index in [0.717, 1.165) is 30.3 Å². The molecular weight excluding hydrogens is 487 g/mol. The highest BCUT2D eigenvalue weighted by atomic mass is 19.4. The van der Waals surface area contributed by atoms with E-state index in [0.29, 0.717) is 18.8 Å². The van der Waals surface area contributed by atoms with Gasteiger partial charge in [-0.05, 0) is 37.4 Å². The normalized spacial score (nSPS) is 14.8. The highest BCUT2D eigenvalue weighted by Gasteiger charge is 2.32. The molecule has 0 atom stereocenters. The van der Waals surface area contributed by atoms with Crippen LogP contribution in [0, 0.1) is 0 Å². The van der Waals surface area contributed by atoms with Crippen LogP contribution in [0.3, 0.4) is 0 Å². The van der Waals surface area contributed by atoms with Crippen LogP contribution in [-0.2, 0) is 11.2 Å². The molecule has 8 nitrogen and oxygen atoms in total. The van der Waals surface area contributed by atoms with Crippen LogP contribution in [0.2, 0.25) is 0 Å². The largest absolute Gasteiger partial charge is 0.573 e. The van der Waals surface area contributed by atoms with Crippen LogP contribution >= 0.6 is 0 Å². The minimum atomic E-state index is -4.96. The van der Waals surface area contributed by atoms with Crippen LogP contribution in [0.15, 0.2) is 61.1 Å². The molecule has 0 spiro atoms. The lowest BCUT2D eigenvalue weighted by Crippen LogP contribution is -2.47. The van der Waals surface area contributed by atoms with Crippen molar-refractivity contribution in [3.05, 3.63) is 72.3 Å². The molecule has 1 aliphatic heterocycles. The molecule has 4 rings (SSSR count). The minimum absolute atomic E-state index is 0.0185. The number of hydrogen-bond acceptors (Lipinski definition) is 7. The molecule has 0 radical (unpaired) electrons. The standard InChI is InChI=1S/C26H26F3N5O3/c1-33-9-11-34(12-10-33)17-25(36)32-22-13-18(5-7-24(22)37-26(27,28)29)23(35)14-21-6-4-20(16-31-21)19-3-2-8-30-15-19/h2-8,13,15-16H,9-12,14,17H2,1H3,(H,32,36). The van der Waals surface area contributed by atoms with Crippen LogP contribution in [0.25, 0.3) is 11.1 Å². The van der Waals surface area contributed by atoms with Gasteiger partial charge < -0.3 is 15.0 Å². The fraction of sp³-hybridized carbons (Fsp3) is 0.308. The summed E-state index contributed by atoms with van der Waals surface area (Å²) in [5, 5.41) is 2.48. The first-order valence-corrected chi connectivity index (χ1v) is 11.7. The number of ketones is 1. The number of amides is 1. The van der Waals surface area contributed by atoms with E-state index in [4.69, 9.17) is 0 Å². The van der Waals surface area contributed by atoms with Crippen LogP contribution in [0.1, 0.15) is 16.1 Å². The number of benzene rings is 1. The highest BCUT2D eigenvalue weighted by molar-refractivity contribution is 6.00. The number of carbonyl (C=O) groups is 2. The van der Waals surface area contributed by atoms with E-state index in [1.165, 1.54) is 12.1 Å². The number of pyridine rings is 2. The summed E-state index contributed by atoms with van der Waals surface area (Å²) in [5.41, 5.74) is 2.12. The van der Waals surface area contributed by atoms with Gasteiger partial charge in [0.15, 0.2) is 11.5 Å². The van der Waals surface area contributed by atoms with Crippen molar-refractivity contribution >= 4 is 17.4 Å². The second-order valence-electron chi connectivity index (χ2n) is 8.77. The number of carbonyl (C=O) groups excluding carboxylic acids is 2. The van der Waals surface area contributed by atoms with Gasteiger partial charge in [-0.25, -0.2) is 0 Å². The first kappa shape index (κ1) is 26.2. The van der Waals surface area contributed by atoms with E-state index in [1.807, 2.05) is 24.1 Å². The topological polar surface area (TPSA) is 87.7 Å². The first-order chi connectivity index (χ1) is 17.7. The maximum Gasteiger partial charge on any atom is 0.573 e. The molecule has 1 fully saturated rings. The highest BCUT2D eigenvalue weighted by Crippen LogP contribution is 2.32. The van der Waals surface area contributed by atoms with Gasteiger partial charge in [-0.3, -0.25) is 24.5 Å². The Morgan fingerprint density at radius 3 is 2.43 bits per heavy atom. The molecule has 0 saturated carbocycles. The van der Waals surface area contributed by atoms with Gasteiger partial charge in [0.1, 0.15) is 0 Å². The number of halogens is 3. The van der Waals surface area contributed by atoms with Crippen molar-refractivity contribution in [2.75, 3.05) is 45.1 Å². The van der Waals surface area contributed by atoms with E-state index in [2.05, 4.69) is 24.9 Å². The Labute approximate surface area is 212 Å². The molecule has 1 aliphatic rings. The first-order valence-electron chi connectivity index (χ1n) is 11.7. The second-order valence-corrected chi connectivity index (χ2v) is 8.77. The summed E-state index contributed by atoms with van der Waals surface area (Å²) in [6.07, 6.45) is -0.0299. The molecule has 1 amide bonds. The van der Waals surface area contributed by atoms with E-state index < -0.39 is 18.0 Å². The molecule has 194 valence electrons. The third-order valence-electron chi connectivity index (χ3n) is 5.93. The molecule has 2 aromatic heterocycles. The third-order valence-corrected chi connectivity index (χ3v) is 5.93. The van der Waals surface area contributed by atoms with Gasteiger partial charge in [-0.15, -0.1) is 13.2 Å². The summed E-state index contributed by atoms with van der Waals surface area (Å²) in [4.78, 5) is 37.9. The average molecular weight is 514 g/mol. The Kier molecular flexibility index (Phi) is 8.14. The van der Waals surface area contributed by atoms with Crippen LogP contribution in [0.4, 0.5) is 18.9 Å². The predicted molar refractivity (Wildman–Crippen MR) is 131 cm³/mol. The Morgan fingerprint density at radius 2 is 1.78 bits per heavy atom. The predicted octanol–water partition coefficient (Wildman–Crippen LogP) is 3.65. The van der Waals surface area contributed by atoms with Gasteiger partial charge in [0.25, 0.3) is 0 Å². The molecule has 1 N–H and O–H groups in total. The number of likely N-dealkylation sites (N-methyl/N-ethyl adjacent to an activating group) is 1. The molecule has 37 heavy (non-hydrogen) atoms. The molecular formula is C26H26F3N5O3. The fourth-order valence-corrected chi connectivity index (χ4v) is 3.91. The lowest BCUT2D eigenvalue weighted by Gasteiger charge is -2.31. The lowest BCUT2D eigenvalue weighted by molar-refractivity contribution is -0.274. The van der Waals surface area contributed by atoms with Crippen LogP contribution in [-0.4, -0.2) is 77.6 Å². The van der Waals surface area contributed by atoms with Crippen LogP contribution < -0.4 is 10.1 Å². The summed E-state index contributed by atoms with van der Waals surface area (Å²) in [5.74, 6) is -1.45. The number of nitrogens with zero attached hydrogens (tertiary/aromatic N) is 4. The molecule has 3 aromatic rings. The summed E-state index contributed by atoms with van der Waals surface area (Å²) in [7, 11) is 1.98. The monoisotopic (exact) mass is 513 g/mol. The van der Waals surface area contributed by atoms with Crippen molar-refractivity contribution in [2.45, 2.75) is 12.8 Å². The van der Waals surface area contributed by atoms with Gasteiger partial charge in [-0.1, -0.05) is 12.1 Å². The van der Waals surface area contributed by atoms with E-state index in [9.17, 15) is 22.8 Å². The van der Waals surface area contributed by atoms with Crippen molar-refractivity contribution in [3.8, 4) is 16.9 Å². The summed E-state index contributed by atoms with van der Waals surface area (Å²) < 4.78 is 42.9. The van der Waals surface area contributed by atoms with E-state index in [-0.39, 0.29) is 30.0 Å². The number of anilines is 1. The van der Waals surface area contributed by atoms with Gasteiger partial charge in [-0.2, -0.15) is 0 Å². The smallest absolute Gasteiger partial charge is 0.404 e. The van der Waals surface area contributed by atoms with E-state index in [1.54, 1.807) is 30.7 Å². The maximum absolute atomic E-state index is 12.9. The number of ether oxygens (including phenoxy) is 1. The Bertz CT molecular complexity index is 1230. The maximum atomic E-state index is 12.9. The molecule has 0 bridgehead atoms. The molecule has 11 heteroatoms. The Balaban J connectivity index is 1.47. The van der Waals surface area contributed by atoms with E-state index >= 15 is 0 Å². The van der Waals surface area contributed by atoms with Gasteiger partial charge in [0.05, 0.1) is 18.7 Å². The zero-order chi connectivity index (χ0) is 26.4. The number of rotatable bonds is 8. The number of nitrogens with one attached hydrogen (secondary N) is 1. The fourth-order valence-electron chi connectivity index (χ4n) is 3.91. The molecule has 3 heterocycles. The van der Waals surface area contributed by atoms with Crippen molar-refractivity contribution < 1.29 is 27.5 Å². The van der Waals surface area contributed by atoms with Crippen molar-refractivity contribution in [1.82, 2.24) is 19.8 Å². The van der Waals surface area contributed by atoms with Gasteiger partial charge in [0.2, 0.25) is 5.91 Å². The summed E-state index contributed by atoms with van der Waals surface area (Å²) in [6.45, 7) is 2.93. The number of aromatic nitrogens is 2. The molecule has 0 unspecified atom stereocenters. The molecule has 1 saturated heterocycles. The number of Topliss-reactive ketones (excluding diaryl/α,β-unsaturated/α-hetero) is 1. The summed E-state index contributed by atoms with van der Waals surface area (Å²) in [6, 6.07) is 10.7. The second kappa shape index (κ2) is 11.5. The Morgan fingerprint density at radius 1 is 1.03 bits per heavy atom. The van der Waals surface area contributed by atoms with Gasteiger partial charge in [0, 0.05) is 67.2 Å². The lowest BCUT2D eigenvalue weighted by atomic mass is 10.0. The summed E-state index contributed by atoms with van der Waals surface area (Å²) >= 11 is 0. The van der Waals surface area contributed by atoms with Crippen molar-refractivity contribution in [2.24, 2.45) is 0 Å². The van der Waals surface area contributed by atoms with Crippen LogP contribution in [0.5, 0.6) is 5.75 Å². The number of piperazine rings is 1. The number of alkyl halides is 3. The zero-order valence-electron chi connectivity index (χ0n) is 20.2. The quantitative estimate of drug-likeness (QED) is 0.460. The third kappa shape index (κ3) is 7.58. The SMILES string of the molecule is CN1CCN(CC(=O)Nc2cc(C(=O)Cc3ccc(-c4cccnc4)cn3)ccc2OC(F)(F)F)CC1. The van der Waals surface area contributed by atoms with Gasteiger partial charge >= 0.3 is 6.36 Å².